The van der Waals surface area contributed by atoms with E-state index in [9.17, 15) is 4.79 Å². The summed E-state index contributed by atoms with van der Waals surface area (Å²) in [6, 6.07) is 3.52. The van der Waals surface area contributed by atoms with Crippen molar-refractivity contribution in [1.29, 1.82) is 0 Å². The van der Waals surface area contributed by atoms with E-state index in [-0.39, 0.29) is 17.2 Å². The number of thioether (sulfide) groups is 1. The van der Waals surface area contributed by atoms with Gasteiger partial charge in [-0.2, -0.15) is 11.8 Å². The number of nitrogens with zero attached hydrogens (tertiary/aromatic N) is 1. The smallest absolute Gasteiger partial charge is 0.271 e. The maximum atomic E-state index is 12.1. The Balaban J connectivity index is 2.83. The Hall–Kier alpha value is -1.51. The molecule has 5 heteroatoms. The fourth-order valence-corrected chi connectivity index (χ4v) is 1.50. The van der Waals surface area contributed by atoms with Gasteiger partial charge in [0.15, 0.2) is 0 Å². The van der Waals surface area contributed by atoms with Crippen LogP contribution in [0, 0.1) is 11.8 Å². The molecule has 0 aliphatic heterocycles. The number of nitrogens with one attached hydrogen (secondary N) is 1. The molecule has 4 nitrogen and oxygen atoms in total. The lowest BCUT2D eigenvalue weighted by Gasteiger charge is -2.22. The van der Waals surface area contributed by atoms with E-state index in [0.29, 0.717) is 17.8 Å². The van der Waals surface area contributed by atoms with Crippen LogP contribution in [0.3, 0.4) is 0 Å². The number of carbonyl (C=O) groups excluding carboxylic acids is 1. The summed E-state index contributed by atoms with van der Waals surface area (Å²) in [5.74, 6) is 5.39. The number of rotatable bonds is 4. The highest BCUT2D eigenvalue weighted by atomic mass is 32.2. The molecule has 19 heavy (non-hydrogen) atoms. The summed E-state index contributed by atoms with van der Waals surface area (Å²) in [5, 5.41) is 2.89. The molecule has 1 aromatic heterocycles. The molecule has 0 fully saturated rings. The van der Waals surface area contributed by atoms with Crippen LogP contribution in [0.15, 0.2) is 18.3 Å². The standard InChI is InChI=1S/C14H19N3OS/c1-14(2,19-3)10-17-13(18)12-11(6-4-8-15)7-5-9-16-12/h5,7,9H,8,10,15H2,1-3H3,(H,17,18). The van der Waals surface area contributed by atoms with E-state index >= 15 is 0 Å². The zero-order valence-corrected chi connectivity index (χ0v) is 12.3. The molecule has 1 aromatic rings. The van der Waals surface area contributed by atoms with Crippen molar-refractivity contribution >= 4 is 17.7 Å². The van der Waals surface area contributed by atoms with Crippen molar-refractivity contribution in [3.8, 4) is 11.8 Å². The Morgan fingerprint density at radius 3 is 2.95 bits per heavy atom. The van der Waals surface area contributed by atoms with Crippen LogP contribution in [0.1, 0.15) is 29.9 Å². The molecule has 3 N–H and O–H groups in total. The third kappa shape index (κ3) is 4.93. The number of aromatic nitrogens is 1. The molecular weight excluding hydrogens is 258 g/mol. The molecule has 0 radical (unpaired) electrons. The number of hydrogen-bond donors (Lipinski definition) is 2. The summed E-state index contributed by atoms with van der Waals surface area (Å²) in [4.78, 5) is 16.2. The van der Waals surface area contributed by atoms with Crippen molar-refractivity contribution < 1.29 is 4.79 Å². The molecule has 0 atom stereocenters. The lowest BCUT2D eigenvalue weighted by molar-refractivity contribution is 0.0945. The molecule has 0 bridgehead atoms. The van der Waals surface area contributed by atoms with Gasteiger partial charge in [0.2, 0.25) is 0 Å². The average Bonchev–Trinajstić information content (AvgIpc) is 2.43. The van der Waals surface area contributed by atoms with E-state index in [1.54, 1.807) is 30.1 Å². The Labute approximate surface area is 118 Å². The van der Waals surface area contributed by atoms with Crippen LogP contribution in [0.4, 0.5) is 0 Å². The first-order valence-electron chi connectivity index (χ1n) is 5.97. The largest absolute Gasteiger partial charge is 0.349 e. The minimum Gasteiger partial charge on any atom is -0.349 e. The normalized spacial score (nSPS) is 10.5. The third-order valence-corrected chi connectivity index (χ3v) is 3.82. The van der Waals surface area contributed by atoms with Crippen LogP contribution in [0.5, 0.6) is 0 Å². The van der Waals surface area contributed by atoms with E-state index in [4.69, 9.17) is 5.73 Å². The molecule has 1 rings (SSSR count). The van der Waals surface area contributed by atoms with Crippen LogP contribution >= 0.6 is 11.8 Å². The summed E-state index contributed by atoms with van der Waals surface area (Å²) < 4.78 is -0.00641. The van der Waals surface area contributed by atoms with E-state index < -0.39 is 0 Å². The van der Waals surface area contributed by atoms with Gasteiger partial charge < -0.3 is 11.1 Å². The molecule has 0 saturated heterocycles. The van der Waals surface area contributed by atoms with Gasteiger partial charge in [-0.15, -0.1) is 0 Å². The summed E-state index contributed by atoms with van der Waals surface area (Å²) in [7, 11) is 0. The highest BCUT2D eigenvalue weighted by Gasteiger charge is 2.19. The zero-order chi connectivity index (χ0) is 14.3. The Kier molecular flexibility index (Phi) is 5.87. The van der Waals surface area contributed by atoms with Crippen molar-refractivity contribution in [3.63, 3.8) is 0 Å². The highest BCUT2D eigenvalue weighted by Crippen LogP contribution is 2.19. The zero-order valence-electron chi connectivity index (χ0n) is 11.5. The van der Waals surface area contributed by atoms with Gasteiger partial charge in [-0.1, -0.05) is 11.8 Å². The molecule has 0 saturated carbocycles. The number of pyridine rings is 1. The Bertz CT molecular complexity index is 503. The van der Waals surface area contributed by atoms with Gasteiger partial charge in [0.05, 0.1) is 12.1 Å². The molecule has 0 aliphatic carbocycles. The fourth-order valence-electron chi connectivity index (χ4n) is 1.28. The highest BCUT2D eigenvalue weighted by molar-refractivity contribution is 7.99. The lowest BCUT2D eigenvalue weighted by Crippen LogP contribution is -2.36. The van der Waals surface area contributed by atoms with Crippen LogP contribution < -0.4 is 11.1 Å². The third-order valence-electron chi connectivity index (χ3n) is 2.58. The molecule has 0 unspecified atom stereocenters. The fraction of sp³-hybridized carbons (Fsp3) is 0.429. The minimum atomic E-state index is -0.205. The summed E-state index contributed by atoms with van der Waals surface area (Å²) in [5.41, 5.74) is 6.29. The monoisotopic (exact) mass is 277 g/mol. The van der Waals surface area contributed by atoms with Gasteiger partial charge in [0, 0.05) is 17.5 Å². The first kappa shape index (κ1) is 15.5. The second kappa shape index (κ2) is 7.17. The lowest BCUT2D eigenvalue weighted by atomic mass is 10.1. The van der Waals surface area contributed by atoms with Crippen molar-refractivity contribution in [1.82, 2.24) is 10.3 Å². The second-order valence-electron chi connectivity index (χ2n) is 4.55. The molecule has 1 amide bonds. The summed E-state index contributed by atoms with van der Waals surface area (Å²) >= 11 is 1.70. The van der Waals surface area contributed by atoms with Crippen molar-refractivity contribution in [3.05, 3.63) is 29.6 Å². The molecule has 102 valence electrons. The number of carbonyl (C=O) groups is 1. The van der Waals surface area contributed by atoms with E-state index in [1.165, 1.54) is 0 Å². The van der Waals surface area contributed by atoms with Crippen LogP contribution in [0.2, 0.25) is 0 Å². The van der Waals surface area contributed by atoms with Gasteiger partial charge in [-0.25, -0.2) is 4.98 Å². The molecule has 0 aromatic carbocycles. The quantitative estimate of drug-likeness (QED) is 0.813. The Morgan fingerprint density at radius 2 is 2.32 bits per heavy atom. The van der Waals surface area contributed by atoms with E-state index in [1.807, 2.05) is 6.26 Å². The number of amides is 1. The van der Waals surface area contributed by atoms with E-state index in [0.717, 1.165) is 0 Å². The van der Waals surface area contributed by atoms with Crippen molar-refractivity contribution in [2.75, 3.05) is 19.3 Å². The molecule has 0 aliphatic rings. The first-order valence-corrected chi connectivity index (χ1v) is 7.20. The first-order chi connectivity index (χ1) is 9.00. The van der Waals surface area contributed by atoms with Gasteiger partial charge >= 0.3 is 0 Å². The predicted molar refractivity (Wildman–Crippen MR) is 80.1 cm³/mol. The Morgan fingerprint density at radius 1 is 1.58 bits per heavy atom. The molecular formula is C14H19N3OS. The van der Waals surface area contributed by atoms with E-state index in [2.05, 4.69) is 36.0 Å². The number of hydrogen-bond acceptors (Lipinski definition) is 4. The molecule has 0 spiro atoms. The van der Waals surface area contributed by atoms with Crippen molar-refractivity contribution in [2.45, 2.75) is 18.6 Å². The minimum absolute atomic E-state index is 0.00641. The van der Waals surface area contributed by atoms with Gasteiger partial charge in [-0.3, -0.25) is 4.79 Å². The maximum absolute atomic E-state index is 12.1. The van der Waals surface area contributed by atoms with Crippen LogP contribution in [-0.4, -0.2) is 35.0 Å². The topological polar surface area (TPSA) is 68.0 Å². The predicted octanol–water partition coefficient (Wildman–Crippen LogP) is 1.26. The van der Waals surface area contributed by atoms with Crippen molar-refractivity contribution in [2.24, 2.45) is 5.73 Å². The van der Waals surface area contributed by atoms with Crippen LogP contribution in [-0.2, 0) is 0 Å². The number of nitrogens with two attached hydrogens (primary N) is 1. The maximum Gasteiger partial charge on any atom is 0.271 e. The molecule has 1 heterocycles. The van der Waals surface area contributed by atoms with Gasteiger partial charge in [0.1, 0.15) is 5.69 Å². The summed E-state index contributed by atoms with van der Waals surface area (Å²) in [6.45, 7) is 4.99. The summed E-state index contributed by atoms with van der Waals surface area (Å²) in [6.07, 6.45) is 3.60. The SMILES string of the molecule is CSC(C)(C)CNC(=O)c1ncccc1C#CCN. The van der Waals surface area contributed by atoms with Gasteiger partial charge in [-0.05, 0) is 32.2 Å². The van der Waals surface area contributed by atoms with Gasteiger partial charge in [0.25, 0.3) is 5.91 Å². The second-order valence-corrected chi connectivity index (χ2v) is 6.07. The van der Waals surface area contributed by atoms with Crippen LogP contribution in [0.25, 0.3) is 0 Å². The average molecular weight is 277 g/mol.